The highest BCUT2D eigenvalue weighted by Gasteiger charge is 2.23. The number of carbonyl (C=O) groups excluding carboxylic acids is 2. The lowest BCUT2D eigenvalue weighted by Gasteiger charge is -2.27. The SMILES string of the molecule is O=C(NCc1cn(-c2ccc(N3CCOCC3=O)c(Cl)c2)c(-c2ccncc2)n1)c1ccc(Cl)s1. The number of benzene rings is 1. The summed E-state index contributed by atoms with van der Waals surface area (Å²) in [6, 6.07) is 12.6. The number of hydrogen-bond donors (Lipinski definition) is 1. The number of rotatable bonds is 6. The van der Waals surface area contributed by atoms with Crippen molar-refractivity contribution in [2.75, 3.05) is 24.7 Å². The Morgan fingerprint density at radius 2 is 1.97 bits per heavy atom. The number of nitrogens with one attached hydrogen (secondary N) is 1. The van der Waals surface area contributed by atoms with Crippen LogP contribution in [-0.4, -0.2) is 46.1 Å². The summed E-state index contributed by atoms with van der Waals surface area (Å²) in [5.74, 6) is 0.322. The van der Waals surface area contributed by atoms with Gasteiger partial charge in [0.15, 0.2) is 0 Å². The van der Waals surface area contributed by atoms with E-state index in [4.69, 9.17) is 32.9 Å². The van der Waals surface area contributed by atoms with Gasteiger partial charge in [0.1, 0.15) is 12.4 Å². The second-order valence-corrected chi connectivity index (χ2v) is 9.80. The number of hydrogen-bond acceptors (Lipinski definition) is 6. The molecule has 8 nitrogen and oxygen atoms in total. The van der Waals surface area contributed by atoms with Crippen LogP contribution in [0.15, 0.2) is 61.1 Å². The fourth-order valence-electron chi connectivity index (χ4n) is 3.75. The molecule has 2 amide bonds. The van der Waals surface area contributed by atoms with Crippen molar-refractivity contribution in [1.29, 1.82) is 0 Å². The predicted molar refractivity (Wildman–Crippen MR) is 135 cm³/mol. The van der Waals surface area contributed by atoms with E-state index in [9.17, 15) is 9.59 Å². The van der Waals surface area contributed by atoms with Crippen LogP contribution in [0, 0.1) is 0 Å². The zero-order valence-corrected chi connectivity index (χ0v) is 20.6. The molecule has 4 aromatic rings. The van der Waals surface area contributed by atoms with Gasteiger partial charge in [0.2, 0.25) is 0 Å². The summed E-state index contributed by atoms with van der Waals surface area (Å²) in [7, 11) is 0. The maximum absolute atomic E-state index is 12.5. The summed E-state index contributed by atoms with van der Waals surface area (Å²) in [4.78, 5) is 35.7. The molecule has 1 N–H and O–H groups in total. The Balaban J connectivity index is 1.45. The summed E-state index contributed by atoms with van der Waals surface area (Å²) in [6.07, 6.45) is 5.23. The van der Waals surface area contributed by atoms with E-state index in [1.807, 2.05) is 35.0 Å². The standard InChI is InChI=1S/C24H19Cl2N5O3S/c25-18-11-17(1-2-19(18)30-9-10-34-14-22(30)32)31-13-16(29-23(31)15-5-7-27-8-6-15)12-28-24(33)20-3-4-21(26)35-20/h1-8,11,13H,9-10,12,14H2,(H,28,33). The van der Waals surface area contributed by atoms with E-state index in [0.29, 0.717) is 44.6 Å². The molecule has 0 unspecified atom stereocenters. The van der Waals surface area contributed by atoms with Crippen molar-refractivity contribution in [1.82, 2.24) is 19.9 Å². The zero-order chi connectivity index (χ0) is 24.4. The highest BCUT2D eigenvalue weighted by molar-refractivity contribution is 7.18. The maximum atomic E-state index is 12.5. The van der Waals surface area contributed by atoms with Gasteiger partial charge in [-0.25, -0.2) is 4.98 Å². The summed E-state index contributed by atoms with van der Waals surface area (Å²) >= 11 is 13.8. The molecule has 11 heteroatoms. The Bertz CT molecular complexity index is 1390. The molecule has 35 heavy (non-hydrogen) atoms. The first-order chi connectivity index (χ1) is 17.0. The van der Waals surface area contributed by atoms with Crippen molar-refractivity contribution in [3.8, 4) is 17.1 Å². The molecule has 178 valence electrons. The molecule has 5 rings (SSSR count). The molecule has 0 bridgehead atoms. The van der Waals surface area contributed by atoms with Crippen molar-refractivity contribution in [2.45, 2.75) is 6.54 Å². The van der Waals surface area contributed by atoms with Gasteiger partial charge in [-0.2, -0.15) is 0 Å². The summed E-state index contributed by atoms with van der Waals surface area (Å²) in [5, 5.41) is 3.32. The van der Waals surface area contributed by atoms with Crippen molar-refractivity contribution in [2.24, 2.45) is 0 Å². The third kappa shape index (κ3) is 5.08. The lowest BCUT2D eigenvalue weighted by atomic mass is 10.2. The molecular weight excluding hydrogens is 509 g/mol. The summed E-state index contributed by atoms with van der Waals surface area (Å²) in [6.45, 7) is 1.18. The molecule has 1 aromatic carbocycles. The summed E-state index contributed by atoms with van der Waals surface area (Å²) in [5.41, 5.74) is 2.92. The zero-order valence-electron chi connectivity index (χ0n) is 18.3. The molecule has 0 saturated carbocycles. The van der Waals surface area contributed by atoms with Crippen LogP contribution in [0.5, 0.6) is 0 Å². The molecule has 0 radical (unpaired) electrons. The number of aromatic nitrogens is 3. The second kappa shape index (κ2) is 10.2. The molecule has 3 aromatic heterocycles. The minimum Gasteiger partial charge on any atom is -0.370 e. The first kappa shape index (κ1) is 23.5. The maximum Gasteiger partial charge on any atom is 0.261 e. The van der Waals surface area contributed by atoms with E-state index >= 15 is 0 Å². The van der Waals surface area contributed by atoms with E-state index in [0.717, 1.165) is 11.3 Å². The number of anilines is 1. The molecule has 0 spiro atoms. The van der Waals surface area contributed by atoms with E-state index in [-0.39, 0.29) is 25.0 Å². The Kier molecular flexibility index (Phi) is 6.83. The first-order valence-corrected chi connectivity index (χ1v) is 12.3. The highest BCUT2D eigenvalue weighted by Crippen LogP contribution is 2.31. The number of nitrogens with zero attached hydrogens (tertiary/aromatic N) is 4. The number of halogens is 2. The average molecular weight is 528 g/mol. The number of morpholine rings is 1. The topological polar surface area (TPSA) is 89.4 Å². The van der Waals surface area contributed by atoms with Crippen molar-refractivity contribution < 1.29 is 14.3 Å². The van der Waals surface area contributed by atoms with Gasteiger partial charge in [0.05, 0.1) is 38.8 Å². The van der Waals surface area contributed by atoms with Crippen LogP contribution in [-0.2, 0) is 16.1 Å². The molecule has 0 atom stereocenters. The average Bonchev–Trinajstić information content (AvgIpc) is 3.50. The second-order valence-electron chi connectivity index (χ2n) is 7.68. The minimum absolute atomic E-state index is 0.0402. The molecule has 0 aliphatic carbocycles. The van der Waals surface area contributed by atoms with E-state index in [1.165, 1.54) is 11.3 Å². The van der Waals surface area contributed by atoms with Crippen LogP contribution in [0.1, 0.15) is 15.4 Å². The number of amides is 2. The Labute approximate surface area is 215 Å². The Morgan fingerprint density at radius 1 is 1.14 bits per heavy atom. The van der Waals surface area contributed by atoms with Crippen LogP contribution < -0.4 is 10.2 Å². The van der Waals surface area contributed by atoms with Crippen LogP contribution >= 0.6 is 34.5 Å². The van der Waals surface area contributed by atoms with Gasteiger partial charge >= 0.3 is 0 Å². The quantitative estimate of drug-likeness (QED) is 0.395. The molecule has 1 saturated heterocycles. The fraction of sp³-hybridized carbons (Fsp3) is 0.167. The lowest BCUT2D eigenvalue weighted by Crippen LogP contribution is -2.41. The van der Waals surface area contributed by atoms with E-state index in [2.05, 4.69) is 10.3 Å². The van der Waals surface area contributed by atoms with E-state index in [1.54, 1.807) is 35.5 Å². The molecule has 1 fully saturated rings. The normalized spacial score (nSPS) is 13.8. The number of carbonyl (C=O) groups is 2. The predicted octanol–water partition coefficient (Wildman–Crippen LogP) is 4.60. The van der Waals surface area contributed by atoms with Crippen LogP contribution in [0.2, 0.25) is 9.36 Å². The Morgan fingerprint density at radius 3 is 2.69 bits per heavy atom. The van der Waals surface area contributed by atoms with Gasteiger partial charge in [-0.15, -0.1) is 11.3 Å². The number of pyridine rings is 1. The third-order valence-electron chi connectivity index (χ3n) is 5.41. The van der Waals surface area contributed by atoms with Gasteiger partial charge in [0, 0.05) is 36.4 Å². The van der Waals surface area contributed by atoms with Crippen molar-refractivity contribution >= 4 is 52.0 Å². The number of imidazole rings is 1. The first-order valence-electron chi connectivity index (χ1n) is 10.7. The van der Waals surface area contributed by atoms with Crippen molar-refractivity contribution in [3.63, 3.8) is 0 Å². The van der Waals surface area contributed by atoms with Gasteiger partial charge in [0.25, 0.3) is 11.8 Å². The highest BCUT2D eigenvalue weighted by atomic mass is 35.5. The minimum atomic E-state index is -0.218. The fourth-order valence-corrected chi connectivity index (χ4v) is 4.98. The van der Waals surface area contributed by atoms with E-state index < -0.39 is 0 Å². The largest absolute Gasteiger partial charge is 0.370 e. The van der Waals surface area contributed by atoms with Crippen LogP contribution in [0.4, 0.5) is 5.69 Å². The Hall–Kier alpha value is -3.24. The number of ether oxygens (including phenoxy) is 1. The monoisotopic (exact) mass is 527 g/mol. The lowest BCUT2D eigenvalue weighted by molar-refractivity contribution is -0.125. The smallest absolute Gasteiger partial charge is 0.261 e. The van der Waals surface area contributed by atoms with Gasteiger partial charge in [-0.05, 0) is 42.5 Å². The molecule has 1 aliphatic rings. The van der Waals surface area contributed by atoms with Gasteiger partial charge < -0.3 is 15.0 Å². The van der Waals surface area contributed by atoms with Gasteiger partial charge in [-0.1, -0.05) is 23.2 Å². The molecular formula is C24H19Cl2N5O3S. The van der Waals surface area contributed by atoms with Crippen molar-refractivity contribution in [3.05, 3.63) is 81.0 Å². The third-order valence-corrected chi connectivity index (χ3v) is 6.94. The molecule has 1 aliphatic heterocycles. The summed E-state index contributed by atoms with van der Waals surface area (Å²) < 4.78 is 7.67. The van der Waals surface area contributed by atoms with Crippen LogP contribution in [0.3, 0.4) is 0 Å². The van der Waals surface area contributed by atoms with Crippen LogP contribution in [0.25, 0.3) is 17.1 Å². The van der Waals surface area contributed by atoms with Gasteiger partial charge in [-0.3, -0.25) is 19.1 Å². The number of thiophene rings is 1. The molecule has 4 heterocycles.